The molecular weight excluding hydrogens is 457 g/mol. The third-order valence-corrected chi connectivity index (χ3v) is 6.24. The van der Waals surface area contributed by atoms with E-state index in [9.17, 15) is 19.6 Å². The number of carbonyl (C=O) groups is 1. The summed E-state index contributed by atoms with van der Waals surface area (Å²) < 4.78 is 16.6. The van der Waals surface area contributed by atoms with Gasteiger partial charge in [-0.3, -0.25) is 4.79 Å². The minimum atomic E-state index is -0.334. The zero-order chi connectivity index (χ0) is 24.2. The fraction of sp³-hybridized carbons (Fsp3) is 0.174. The summed E-state index contributed by atoms with van der Waals surface area (Å²) in [4.78, 5) is 12.8. The maximum absolute atomic E-state index is 13.3. The molecular formula is C23H20FN7O2S. The van der Waals surface area contributed by atoms with Gasteiger partial charge in [-0.2, -0.15) is 9.94 Å². The number of amides is 1. The fourth-order valence-electron chi connectivity index (χ4n) is 3.42. The van der Waals surface area contributed by atoms with Crippen LogP contribution < -0.4 is 5.32 Å². The molecule has 0 bridgehead atoms. The van der Waals surface area contributed by atoms with Gasteiger partial charge < -0.3 is 15.0 Å². The minimum absolute atomic E-state index is 0.00312. The van der Waals surface area contributed by atoms with Crippen molar-refractivity contribution in [3.05, 3.63) is 76.7 Å². The highest BCUT2D eigenvalue weighted by atomic mass is 32.2. The molecule has 1 amide bonds. The average Bonchev–Trinajstić information content (AvgIpc) is 3.38. The van der Waals surface area contributed by atoms with Crippen molar-refractivity contribution < 1.29 is 14.3 Å². The number of aromatic hydroxyl groups is 1. The van der Waals surface area contributed by atoms with Crippen molar-refractivity contribution in [2.24, 2.45) is 0 Å². The number of rotatable bonds is 7. The van der Waals surface area contributed by atoms with Crippen LogP contribution >= 0.6 is 11.8 Å². The number of nitriles is 1. The van der Waals surface area contributed by atoms with E-state index in [-0.39, 0.29) is 23.2 Å². The Hall–Kier alpha value is -4.17. The highest BCUT2D eigenvalue weighted by Crippen LogP contribution is 2.28. The molecule has 2 N–H and O–H groups in total. The number of halogens is 1. The van der Waals surface area contributed by atoms with Crippen molar-refractivity contribution in [2.75, 3.05) is 11.1 Å². The van der Waals surface area contributed by atoms with E-state index in [1.807, 2.05) is 18.4 Å². The van der Waals surface area contributed by atoms with E-state index in [2.05, 4.69) is 26.9 Å². The van der Waals surface area contributed by atoms with Gasteiger partial charge in [0.2, 0.25) is 11.1 Å². The summed E-state index contributed by atoms with van der Waals surface area (Å²) >= 11 is 1.13. The number of nitrogens with zero attached hydrogens (tertiary/aromatic N) is 6. The zero-order valence-electron chi connectivity index (χ0n) is 18.4. The molecule has 0 radical (unpaired) electrons. The second-order valence-electron chi connectivity index (χ2n) is 7.48. The van der Waals surface area contributed by atoms with E-state index in [0.29, 0.717) is 28.8 Å². The predicted octanol–water partition coefficient (Wildman–Crippen LogP) is 3.58. The molecule has 34 heavy (non-hydrogen) atoms. The predicted molar refractivity (Wildman–Crippen MR) is 124 cm³/mol. The van der Waals surface area contributed by atoms with Crippen LogP contribution in [0.25, 0.3) is 5.69 Å². The Bertz CT molecular complexity index is 1370. The number of anilines is 1. The van der Waals surface area contributed by atoms with Gasteiger partial charge in [0.1, 0.15) is 23.5 Å². The lowest BCUT2D eigenvalue weighted by atomic mass is 10.2. The van der Waals surface area contributed by atoms with E-state index in [0.717, 1.165) is 28.6 Å². The average molecular weight is 478 g/mol. The van der Waals surface area contributed by atoms with Gasteiger partial charge in [-0.25, -0.2) is 4.39 Å². The highest BCUT2D eigenvalue weighted by Gasteiger charge is 2.20. The number of hydrogen-bond acceptors (Lipinski definition) is 7. The second kappa shape index (κ2) is 9.76. The van der Waals surface area contributed by atoms with Crippen LogP contribution in [0.5, 0.6) is 5.75 Å². The first-order chi connectivity index (χ1) is 16.4. The van der Waals surface area contributed by atoms with Crippen LogP contribution in [-0.4, -0.2) is 41.5 Å². The number of phenols is 1. The molecule has 0 fully saturated rings. The zero-order valence-corrected chi connectivity index (χ0v) is 19.2. The Balaban J connectivity index is 1.52. The Morgan fingerprint density at radius 2 is 1.88 bits per heavy atom. The van der Waals surface area contributed by atoms with Crippen LogP contribution in [0.3, 0.4) is 0 Å². The Morgan fingerprint density at radius 1 is 1.18 bits per heavy atom. The molecule has 0 atom stereocenters. The molecule has 172 valence electrons. The van der Waals surface area contributed by atoms with Crippen molar-refractivity contribution in [1.29, 1.82) is 5.26 Å². The van der Waals surface area contributed by atoms with E-state index in [1.54, 1.807) is 24.3 Å². The number of nitrogens with one attached hydrogen (secondary N) is 1. The van der Waals surface area contributed by atoms with Crippen molar-refractivity contribution in [2.45, 2.75) is 25.5 Å². The molecule has 9 nitrogen and oxygen atoms in total. The summed E-state index contributed by atoms with van der Waals surface area (Å²) in [5.41, 5.74) is 3.45. The van der Waals surface area contributed by atoms with Crippen molar-refractivity contribution >= 4 is 23.5 Å². The van der Waals surface area contributed by atoms with Gasteiger partial charge in [-0.15, -0.1) is 5.10 Å². The summed E-state index contributed by atoms with van der Waals surface area (Å²) in [6.45, 7) is 4.07. The van der Waals surface area contributed by atoms with Crippen LogP contribution in [-0.2, 0) is 11.3 Å². The van der Waals surface area contributed by atoms with E-state index in [4.69, 9.17) is 0 Å². The summed E-state index contributed by atoms with van der Waals surface area (Å²) in [6, 6.07) is 14.6. The van der Waals surface area contributed by atoms with Crippen LogP contribution in [0.1, 0.15) is 22.4 Å². The Kier molecular flexibility index (Phi) is 6.60. The molecule has 11 heteroatoms. The van der Waals surface area contributed by atoms with Crippen LogP contribution in [0, 0.1) is 31.0 Å². The van der Waals surface area contributed by atoms with Crippen LogP contribution in [0.15, 0.2) is 53.7 Å². The molecule has 0 saturated heterocycles. The third-order valence-electron chi connectivity index (χ3n) is 5.32. The molecule has 2 aromatic heterocycles. The summed E-state index contributed by atoms with van der Waals surface area (Å²) in [5, 5.41) is 34.0. The SMILES string of the molecule is Cc1c(C#N)c(NC(=O)CSc2nnnn2-c2ccc(O)cc2)n(Cc2ccc(F)cc2)c1C. The van der Waals surface area contributed by atoms with Crippen LogP contribution in [0.4, 0.5) is 10.2 Å². The summed E-state index contributed by atoms with van der Waals surface area (Å²) in [6.07, 6.45) is 0. The minimum Gasteiger partial charge on any atom is -0.508 e. The number of phenolic OH excluding ortho intramolecular Hbond substituents is 1. The maximum atomic E-state index is 13.3. The number of carbonyl (C=O) groups excluding carboxylic acids is 1. The monoisotopic (exact) mass is 477 g/mol. The molecule has 0 aliphatic carbocycles. The molecule has 0 aliphatic rings. The van der Waals surface area contributed by atoms with Crippen molar-refractivity contribution in [1.82, 2.24) is 24.8 Å². The smallest absolute Gasteiger partial charge is 0.235 e. The first kappa shape index (κ1) is 23.0. The van der Waals surface area contributed by atoms with Gasteiger partial charge >= 0.3 is 0 Å². The van der Waals surface area contributed by atoms with E-state index < -0.39 is 0 Å². The Labute approximate surface area is 198 Å². The van der Waals surface area contributed by atoms with Gasteiger partial charge in [0, 0.05) is 12.2 Å². The standard InChI is InChI=1S/C23H20FN7O2S/c1-14-15(2)30(12-16-3-5-17(24)6-4-16)22(20(14)11-25)26-21(33)13-34-23-27-28-29-31(23)18-7-9-19(32)10-8-18/h3-10,32H,12-13H2,1-2H3,(H,26,33). The van der Waals surface area contributed by atoms with Gasteiger partial charge in [0.05, 0.1) is 17.0 Å². The first-order valence-corrected chi connectivity index (χ1v) is 11.2. The molecule has 4 rings (SSSR count). The van der Waals surface area contributed by atoms with E-state index >= 15 is 0 Å². The lowest BCUT2D eigenvalue weighted by Gasteiger charge is -2.13. The number of thioether (sulfide) groups is 1. The second-order valence-corrected chi connectivity index (χ2v) is 8.43. The number of benzene rings is 2. The largest absolute Gasteiger partial charge is 0.508 e. The molecule has 2 heterocycles. The number of tetrazole rings is 1. The summed E-state index contributed by atoms with van der Waals surface area (Å²) in [5.74, 6) is -0.150. The molecule has 4 aromatic rings. The normalized spacial score (nSPS) is 10.8. The maximum Gasteiger partial charge on any atom is 0.235 e. The van der Waals surface area contributed by atoms with Gasteiger partial charge in [-0.1, -0.05) is 23.9 Å². The van der Waals surface area contributed by atoms with Crippen LogP contribution in [0.2, 0.25) is 0 Å². The van der Waals surface area contributed by atoms with Gasteiger partial charge in [0.25, 0.3) is 0 Å². The number of aromatic nitrogens is 5. The lowest BCUT2D eigenvalue weighted by Crippen LogP contribution is -2.19. The van der Waals surface area contributed by atoms with E-state index in [1.165, 1.54) is 28.9 Å². The quantitative estimate of drug-likeness (QED) is 0.390. The number of hydrogen-bond donors (Lipinski definition) is 2. The van der Waals surface area contributed by atoms with Gasteiger partial charge in [0.15, 0.2) is 0 Å². The van der Waals surface area contributed by atoms with Crippen molar-refractivity contribution in [3.63, 3.8) is 0 Å². The highest BCUT2D eigenvalue weighted by molar-refractivity contribution is 7.99. The lowest BCUT2D eigenvalue weighted by molar-refractivity contribution is -0.113. The molecule has 2 aromatic carbocycles. The van der Waals surface area contributed by atoms with Crippen molar-refractivity contribution in [3.8, 4) is 17.5 Å². The topological polar surface area (TPSA) is 122 Å². The first-order valence-electron chi connectivity index (χ1n) is 10.2. The van der Waals surface area contributed by atoms with Gasteiger partial charge in [-0.05, 0) is 71.8 Å². The molecule has 0 saturated carbocycles. The molecule has 0 aliphatic heterocycles. The summed E-state index contributed by atoms with van der Waals surface area (Å²) in [7, 11) is 0. The third kappa shape index (κ3) is 4.77. The molecule has 0 spiro atoms. The fourth-order valence-corrected chi connectivity index (χ4v) is 4.11. The Morgan fingerprint density at radius 3 is 2.56 bits per heavy atom. The molecule has 0 unspecified atom stereocenters.